The lowest BCUT2D eigenvalue weighted by molar-refractivity contribution is 0.0990. The zero-order valence-electron chi connectivity index (χ0n) is 13.6. The molecule has 0 bridgehead atoms. The Hall–Kier alpha value is -0.940. The van der Waals surface area contributed by atoms with Gasteiger partial charge in [-0.1, -0.05) is 13.3 Å². The minimum atomic E-state index is 0.385. The third kappa shape index (κ3) is 3.46. The summed E-state index contributed by atoms with van der Waals surface area (Å²) >= 11 is 0. The van der Waals surface area contributed by atoms with E-state index >= 15 is 0 Å². The first-order chi connectivity index (χ1) is 10.2. The molecule has 0 spiro atoms. The van der Waals surface area contributed by atoms with Crippen LogP contribution in [0.15, 0.2) is 6.33 Å². The Morgan fingerprint density at radius 2 is 2.19 bits per heavy atom. The fourth-order valence-electron chi connectivity index (χ4n) is 3.57. The molecule has 3 rings (SSSR count). The van der Waals surface area contributed by atoms with E-state index in [2.05, 4.69) is 45.8 Å². The maximum atomic E-state index is 4.51. The molecule has 0 radical (unpaired) electrons. The lowest BCUT2D eigenvalue weighted by Gasteiger charge is -2.40. The summed E-state index contributed by atoms with van der Waals surface area (Å²) in [6.07, 6.45) is 7.02. The topological polar surface area (TPSA) is 46.0 Å². The molecule has 2 fully saturated rings. The molecule has 0 aromatic carbocycles. The quantitative estimate of drug-likeness (QED) is 0.873. The molecule has 1 aromatic heterocycles. The van der Waals surface area contributed by atoms with Crippen LogP contribution in [0.5, 0.6) is 0 Å². The zero-order chi connectivity index (χ0) is 14.8. The molecule has 118 valence electrons. The summed E-state index contributed by atoms with van der Waals surface area (Å²) < 4.78 is 2.07. The molecule has 5 heteroatoms. The van der Waals surface area contributed by atoms with Crippen LogP contribution in [0.2, 0.25) is 0 Å². The molecule has 0 amide bonds. The first kappa shape index (κ1) is 15.0. The molecule has 1 aliphatic heterocycles. The molecule has 2 unspecified atom stereocenters. The molecule has 1 saturated carbocycles. The average molecular weight is 291 g/mol. The lowest BCUT2D eigenvalue weighted by Crippen LogP contribution is -2.57. The van der Waals surface area contributed by atoms with Crippen molar-refractivity contribution in [3.05, 3.63) is 12.2 Å². The average Bonchev–Trinajstić information content (AvgIpc) is 3.18. The van der Waals surface area contributed by atoms with Crippen molar-refractivity contribution in [3.8, 4) is 0 Å². The van der Waals surface area contributed by atoms with Gasteiger partial charge < -0.3 is 5.32 Å². The van der Waals surface area contributed by atoms with E-state index in [9.17, 15) is 0 Å². The highest BCUT2D eigenvalue weighted by atomic mass is 15.4. The summed E-state index contributed by atoms with van der Waals surface area (Å²) in [6, 6.07) is 1.71. The number of hydrogen-bond acceptors (Lipinski definition) is 4. The van der Waals surface area contributed by atoms with Crippen molar-refractivity contribution in [2.24, 2.45) is 5.92 Å². The Morgan fingerprint density at radius 1 is 1.38 bits per heavy atom. The third-order valence-electron chi connectivity index (χ3n) is 4.82. The van der Waals surface area contributed by atoms with Gasteiger partial charge in [0.2, 0.25) is 0 Å². The highest BCUT2D eigenvalue weighted by Crippen LogP contribution is 2.37. The number of hydrogen-bond donors (Lipinski definition) is 1. The van der Waals surface area contributed by atoms with Gasteiger partial charge in [0.15, 0.2) is 0 Å². The minimum absolute atomic E-state index is 0.385. The van der Waals surface area contributed by atoms with Crippen LogP contribution in [0, 0.1) is 5.92 Å². The van der Waals surface area contributed by atoms with Crippen LogP contribution in [0.3, 0.4) is 0 Å². The predicted molar refractivity (Wildman–Crippen MR) is 84.0 cm³/mol. The Balaban J connectivity index is 1.70. The predicted octanol–water partition coefficient (Wildman–Crippen LogP) is 2.21. The summed E-state index contributed by atoms with van der Waals surface area (Å²) in [7, 11) is 0. The minimum Gasteiger partial charge on any atom is -0.311 e. The second kappa shape index (κ2) is 6.44. The fourth-order valence-corrected chi connectivity index (χ4v) is 3.57. The Labute approximate surface area is 128 Å². The van der Waals surface area contributed by atoms with Gasteiger partial charge in [0.25, 0.3) is 0 Å². The van der Waals surface area contributed by atoms with E-state index in [1.807, 2.05) is 0 Å². The van der Waals surface area contributed by atoms with E-state index < -0.39 is 0 Å². The van der Waals surface area contributed by atoms with Crippen LogP contribution in [0.25, 0.3) is 0 Å². The number of aromatic nitrogens is 3. The third-order valence-corrected chi connectivity index (χ3v) is 4.82. The van der Waals surface area contributed by atoms with E-state index in [4.69, 9.17) is 0 Å². The van der Waals surface area contributed by atoms with Gasteiger partial charge in [-0.25, -0.2) is 9.67 Å². The lowest BCUT2D eigenvalue weighted by atomic mass is 10.0. The summed E-state index contributed by atoms with van der Waals surface area (Å²) in [4.78, 5) is 7.17. The molecule has 21 heavy (non-hydrogen) atoms. The number of piperazine rings is 1. The van der Waals surface area contributed by atoms with Gasteiger partial charge in [-0.3, -0.25) is 4.90 Å². The molecular formula is C16H29N5. The first-order valence-electron chi connectivity index (χ1n) is 8.54. The van der Waals surface area contributed by atoms with Gasteiger partial charge in [0.05, 0.1) is 6.54 Å². The van der Waals surface area contributed by atoms with Crippen LogP contribution >= 0.6 is 0 Å². The number of nitrogens with one attached hydrogen (secondary N) is 1. The molecule has 1 aliphatic carbocycles. The SMILES string of the molecule is CCCC1CN(Cc2ncnn2C(C)C)C(C2CC2)CN1. The standard InChI is InChI=1S/C16H29N5/c1-4-5-14-9-20(15(8-17-14)13-6-7-13)10-16-18-11-19-21(16)12(2)3/h11-15,17H,4-10H2,1-3H3. The van der Waals surface area contributed by atoms with E-state index in [0.717, 1.165) is 31.4 Å². The number of rotatable bonds is 6. The molecule has 5 nitrogen and oxygen atoms in total. The molecule has 1 aromatic rings. The van der Waals surface area contributed by atoms with Gasteiger partial charge in [0, 0.05) is 31.2 Å². The molecular weight excluding hydrogens is 262 g/mol. The van der Waals surface area contributed by atoms with Crippen LogP contribution < -0.4 is 5.32 Å². The summed E-state index contributed by atoms with van der Waals surface area (Å²) in [5, 5.41) is 8.14. The van der Waals surface area contributed by atoms with Crippen LogP contribution in [0.4, 0.5) is 0 Å². The Morgan fingerprint density at radius 3 is 2.86 bits per heavy atom. The Bertz CT molecular complexity index is 451. The van der Waals surface area contributed by atoms with Crippen molar-refractivity contribution in [3.63, 3.8) is 0 Å². The maximum absolute atomic E-state index is 4.51. The van der Waals surface area contributed by atoms with Crippen molar-refractivity contribution >= 4 is 0 Å². The molecule has 2 atom stereocenters. The number of nitrogens with zero attached hydrogens (tertiary/aromatic N) is 4. The van der Waals surface area contributed by atoms with Gasteiger partial charge >= 0.3 is 0 Å². The fraction of sp³-hybridized carbons (Fsp3) is 0.875. The van der Waals surface area contributed by atoms with E-state index in [0.29, 0.717) is 18.1 Å². The summed E-state index contributed by atoms with van der Waals surface area (Å²) in [5.41, 5.74) is 0. The van der Waals surface area contributed by atoms with E-state index in [1.54, 1.807) is 6.33 Å². The molecule has 1 N–H and O–H groups in total. The molecule has 1 saturated heterocycles. The highest BCUT2D eigenvalue weighted by Gasteiger charge is 2.38. The largest absolute Gasteiger partial charge is 0.311 e. The summed E-state index contributed by atoms with van der Waals surface area (Å²) in [5.74, 6) is 2.02. The zero-order valence-corrected chi connectivity index (χ0v) is 13.6. The van der Waals surface area contributed by atoms with Crippen LogP contribution in [0.1, 0.15) is 58.3 Å². The summed E-state index contributed by atoms with van der Waals surface area (Å²) in [6.45, 7) is 9.86. The van der Waals surface area contributed by atoms with Crippen LogP contribution in [-0.4, -0.2) is 44.8 Å². The van der Waals surface area contributed by atoms with Gasteiger partial charge in [-0.2, -0.15) is 5.10 Å². The van der Waals surface area contributed by atoms with Gasteiger partial charge in [0.1, 0.15) is 12.2 Å². The van der Waals surface area contributed by atoms with Crippen molar-refractivity contribution in [2.75, 3.05) is 13.1 Å². The normalized spacial score (nSPS) is 27.4. The van der Waals surface area contributed by atoms with E-state index in [-0.39, 0.29) is 0 Å². The first-order valence-corrected chi connectivity index (χ1v) is 8.54. The second-order valence-corrected chi connectivity index (χ2v) is 6.94. The Kier molecular flexibility index (Phi) is 4.60. The van der Waals surface area contributed by atoms with Crippen molar-refractivity contribution in [2.45, 2.75) is 71.1 Å². The molecule has 2 heterocycles. The van der Waals surface area contributed by atoms with Crippen LogP contribution in [-0.2, 0) is 6.54 Å². The van der Waals surface area contributed by atoms with Crippen molar-refractivity contribution in [1.82, 2.24) is 25.0 Å². The van der Waals surface area contributed by atoms with Gasteiger partial charge in [-0.05, 0) is 39.0 Å². The monoisotopic (exact) mass is 291 g/mol. The second-order valence-electron chi connectivity index (χ2n) is 6.94. The maximum Gasteiger partial charge on any atom is 0.141 e. The smallest absolute Gasteiger partial charge is 0.141 e. The molecule has 2 aliphatic rings. The van der Waals surface area contributed by atoms with Crippen molar-refractivity contribution in [1.29, 1.82) is 0 Å². The van der Waals surface area contributed by atoms with E-state index in [1.165, 1.54) is 25.7 Å². The van der Waals surface area contributed by atoms with Crippen molar-refractivity contribution < 1.29 is 0 Å². The highest BCUT2D eigenvalue weighted by molar-refractivity contribution is 4.98. The van der Waals surface area contributed by atoms with Gasteiger partial charge in [-0.15, -0.1) is 0 Å².